The number of aryl methyl sites for hydroxylation is 1. The number of nitrogens with one attached hydrogen (secondary N) is 1. The number of aromatic nitrogens is 4. The molecule has 0 amide bonds. The Hall–Kier alpha value is -1.91. The summed E-state index contributed by atoms with van der Waals surface area (Å²) in [5, 5.41) is 7.59. The van der Waals surface area contributed by atoms with Crippen molar-refractivity contribution in [3.05, 3.63) is 36.4 Å². The Kier molecular flexibility index (Phi) is 2.31. The van der Waals surface area contributed by atoms with Gasteiger partial charge in [0, 0.05) is 31.3 Å². The largest absolute Gasteiger partial charge is 0.352 e. The van der Waals surface area contributed by atoms with E-state index >= 15 is 0 Å². The molecule has 2 heterocycles. The van der Waals surface area contributed by atoms with Gasteiger partial charge in [0.05, 0.1) is 5.54 Å². The lowest BCUT2D eigenvalue weighted by atomic mass is 10.3. The third kappa shape index (κ3) is 2.00. The SMILES string of the molecule is Cc1cnc(NCC2(n3cccn3)CC2)nc1. The van der Waals surface area contributed by atoms with Crippen LogP contribution in [0.2, 0.25) is 0 Å². The third-order valence-corrected chi connectivity index (χ3v) is 3.17. The summed E-state index contributed by atoms with van der Waals surface area (Å²) < 4.78 is 2.04. The Morgan fingerprint density at radius 3 is 2.71 bits per heavy atom. The van der Waals surface area contributed by atoms with Crippen molar-refractivity contribution in [2.45, 2.75) is 25.3 Å². The van der Waals surface area contributed by atoms with Crippen LogP contribution < -0.4 is 5.32 Å². The molecule has 1 fully saturated rings. The minimum absolute atomic E-state index is 0.137. The van der Waals surface area contributed by atoms with Crippen LogP contribution in [0.4, 0.5) is 5.95 Å². The van der Waals surface area contributed by atoms with Crippen molar-refractivity contribution >= 4 is 5.95 Å². The van der Waals surface area contributed by atoms with Gasteiger partial charge in [-0.15, -0.1) is 0 Å². The predicted molar refractivity (Wildman–Crippen MR) is 64.7 cm³/mol. The molecule has 0 atom stereocenters. The second kappa shape index (κ2) is 3.84. The van der Waals surface area contributed by atoms with E-state index in [1.54, 1.807) is 0 Å². The monoisotopic (exact) mass is 229 g/mol. The van der Waals surface area contributed by atoms with Gasteiger partial charge in [-0.2, -0.15) is 5.10 Å². The highest BCUT2D eigenvalue weighted by Crippen LogP contribution is 2.42. The molecular formula is C12H15N5. The van der Waals surface area contributed by atoms with Crippen LogP contribution in [0.3, 0.4) is 0 Å². The van der Waals surface area contributed by atoms with Gasteiger partial charge in [-0.05, 0) is 31.4 Å². The lowest BCUT2D eigenvalue weighted by Crippen LogP contribution is -2.27. The molecule has 5 nitrogen and oxygen atoms in total. The molecular weight excluding hydrogens is 214 g/mol. The Bertz CT molecular complexity index is 484. The van der Waals surface area contributed by atoms with E-state index in [0.29, 0.717) is 5.95 Å². The number of hydrogen-bond acceptors (Lipinski definition) is 4. The molecule has 5 heteroatoms. The van der Waals surface area contributed by atoms with Crippen molar-refractivity contribution in [3.63, 3.8) is 0 Å². The minimum atomic E-state index is 0.137. The molecule has 17 heavy (non-hydrogen) atoms. The highest BCUT2D eigenvalue weighted by Gasteiger charge is 2.45. The van der Waals surface area contributed by atoms with Gasteiger partial charge in [0.1, 0.15) is 0 Å². The third-order valence-electron chi connectivity index (χ3n) is 3.17. The van der Waals surface area contributed by atoms with Crippen LogP contribution in [0.5, 0.6) is 0 Å². The number of hydrogen-bond donors (Lipinski definition) is 1. The van der Waals surface area contributed by atoms with Gasteiger partial charge < -0.3 is 5.32 Å². The molecule has 2 aromatic rings. The zero-order valence-electron chi connectivity index (χ0n) is 9.80. The summed E-state index contributed by atoms with van der Waals surface area (Å²) in [6, 6.07) is 1.96. The highest BCUT2D eigenvalue weighted by atomic mass is 15.3. The molecule has 1 aliphatic carbocycles. The zero-order chi connectivity index (χ0) is 11.7. The lowest BCUT2D eigenvalue weighted by Gasteiger charge is -2.16. The maximum Gasteiger partial charge on any atom is 0.222 e. The van der Waals surface area contributed by atoms with Crippen LogP contribution in [0.25, 0.3) is 0 Å². The Morgan fingerprint density at radius 1 is 1.35 bits per heavy atom. The summed E-state index contributed by atoms with van der Waals surface area (Å²) in [5.41, 5.74) is 1.21. The van der Waals surface area contributed by atoms with Gasteiger partial charge in [-0.1, -0.05) is 0 Å². The molecule has 1 saturated carbocycles. The van der Waals surface area contributed by atoms with E-state index in [0.717, 1.165) is 24.9 Å². The van der Waals surface area contributed by atoms with Crippen molar-refractivity contribution < 1.29 is 0 Å². The average Bonchev–Trinajstić information content (AvgIpc) is 2.93. The first-order valence-corrected chi connectivity index (χ1v) is 5.81. The summed E-state index contributed by atoms with van der Waals surface area (Å²) in [7, 11) is 0. The smallest absolute Gasteiger partial charge is 0.222 e. The van der Waals surface area contributed by atoms with E-state index in [-0.39, 0.29) is 5.54 Å². The van der Waals surface area contributed by atoms with Crippen molar-refractivity contribution in [1.29, 1.82) is 0 Å². The molecule has 1 aliphatic rings. The molecule has 0 bridgehead atoms. The van der Waals surface area contributed by atoms with E-state index in [1.807, 2.05) is 42.5 Å². The molecule has 0 radical (unpaired) electrons. The molecule has 1 N–H and O–H groups in total. The molecule has 0 unspecified atom stereocenters. The van der Waals surface area contributed by atoms with Crippen molar-refractivity contribution in [1.82, 2.24) is 19.7 Å². The number of rotatable bonds is 4. The number of anilines is 1. The van der Waals surface area contributed by atoms with Crippen LogP contribution in [-0.2, 0) is 5.54 Å². The first-order valence-electron chi connectivity index (χ1n) is 5.81. The van der Waals surface area contributed by atoms with Crippen LogP contribution in [0.15, 0.2) is 30.9 Å². The van der Waals surface area contributed by atoms with Crippen molar-refractivity contribution in [2.75, 3.05) is 11.9 Å². The standard InChI is InChI=1S/C12H15N5/c1-10-7-13-11(14-8-10)15-9-12(3-4-12)17-6-2-5-16-17/h2,5-8H,3-4,9H2,1H3,(H,13,14,15). The normalized spacial score (nSPS) is 16.8. The van der Waals surface area contributed by atoms with Crippen LogP contribution in [-0.4, -0.2) is 26.3 Å². The lowest BCUT2D eigenvalue weighted by molar-refractivity contribution is 0.452. The first-order chi connectivity index (χ1) is 8.28. The Morgan fingerprint density at radius 2 is 2.12 bits per heavy atom. The summed E-state index contributed by atoms with van der Waals surface area (Å²) >= 11 is 0. The average molecular weight is 229 g/mol. The van der Waals surface area contributed by atoms with Crippen LogP contribution in [0.1, 0.15) is 18.4 Å². The van der Waals surface area contributed by atoms with Gasteiger partial charge in [-0.25, -0.2) is 9.97 Å². The molecule has 3 rings (SSSR count). The van der Waals surface area contributed by atoms with E-state index < -0.39 is 0 Å². The fourth-order valence-electron chi connectivity index (χ4n) is 1.91. The second-order valence-corrected chi connectivity index (χ2v) is 4.61. The molecule has 2 aromatic heterocycles. The fraction of sp³-hybridized carbons (Fsp3) is 0.417. The van der Waals surface area contributed by atoms with Gasteiger partial charge >= 0.3 is 0 Å². The van der Waals surface area contributed by atoms with Gasteiger partial charge in [-0.3, -0.25) is 4.68 Å². The molecule has 0 aromatic carbocycles. The zero-order valence-corrected chi connectivity index (χ0v) is 9.80. The molecule has 0 spiro atoms. The topological polar surface area (TPSA) is 55.6 Å². The first kappa shape index (κ1) is 10.3. The van der Waals surface area contributed by atoms with E-state index in [1.165, 1.54) is 0 Å². The summed E-state index contributed by atoms with van der Waals surface area (Å²) in [6.07, 6.45) is 9.81. The molecule has 0 aliphatic heterocycles. The Balaban J connectivity index is 1.67. The van der Waals surface area contributed by atoms with Gasteiger partial charge in [0.15, 0.2) is 0 Å². The number of nitrogens with zero attached hydrogens (tertiary/aromatic N) is 4. The predicted octanol–water partition coefficient (Wildman–Crippen LogP) is 1.58. The quantitative estimate of drug-likeness (QED) is 0.864. The van der Waals surface area contributed by atoms with Gasteiger partial charge in [0.2, 0.25) is 5.95 Å². The fourth-order valence-corrected chi connectivity index (χ4v) is 1.91. The van der Waals surface area contributed by atoms with Crippen LogP contribution in [0, 0.1) is 6.92 Å². The maximum atomic E-state index is 4.31. The van der Waals surface area contributed by atoms with Crippen molar-refractivity contribution in [2.24, 2.45) is 0 Å². The maximum absolute atomic E-state index is 4.31. The summed E-state index contributed by atoms with van der Waals surface area (Å²) in [5.74, 6) is 0.689. The van der Waals surface area contributed by atoms with Crippen LogP contribution >= 0.6 is 0 Å². The molecule has 88 valence electrons. The highest BCUT2D eigenvalue weighted by molar-refractivity contribution is 5.26. The minimum Gasteiger partial charge on any atom is -0.352 e. The van der Waals surface area contributed by atoms with E-state index in [9.17, 15) is 0 Å². The second-order valence-electron chi connectivity index (χ2n) is 4.61. The Labute approximate surface area is 99.9 Å². The molecule has 0 saturated heterocycles. The van der Waals surface area contributed by atoms with E-state index in [2.05, 4.69) is 20.4 Å². The van der Waals surface area contributed by atoms with Gasteiger partial charge in [0.25, 0.3) is 0 Å². The summed E-state index contributed by atoms with van der Waals surface area (Å²) in [6.45, 7) is 2.81. The van der Waals surface area contributed by atoms with Crippen molar-refractivity contribution in [3.8, 4) is 0 Å². The van der Waals surface area contributed by atoms with E-state index in [4.69, 9.17) is 0 Å². The summed E-state index contributed by atoms with van der Waals surface area (Å²) in [4.78, 5) is 8.48.